The van der Waals surface area contributed by atoms with Crippen molar-refractivity contribution in [2.45, 2.75) is 39.3 Å². The molecule has 0 aliphatic rings. The molecule has 2 aromatic carbocycles. The van der Waals surface area contributed by atoms with Gasteiger partial charge in [0, 0.05) is 13.0 Å². The molecule has 0 fully saturated rings. The Morgan fingerprint density at radius 3 is 2.61 bits per heavy atom. The van der Waals surface area contributed by atoms with Gasteiger partial charge in [-0.15, -0.1) is 0 Å². The number of halogens is 1. The van der Waals surface area contributed by atoms with Crippen molar-refractivity contribution in [2.75, 3.05) is 0 Å². The summed E-state index contributed by atoms with van der Waals surface area (Å²) in [6, 6.07) is 13.9. The fourth-order valence-electron chi connectivity index (χ4n) is 2.12. The van der Waals surface area contributed by atoms with Crippen LogP contribution in [0.25, 0.3) is 0 Å². The first kappa shape index (κ1) is 17.0. The topological polar surface area (TPSA) is 38.3 Å². The highest BCUT2D eigenvalue weighted by Crippen LogP contribution is 2.14. The first-order valence-corrected chi connectivity index (χ1v) is 7.90. The summed E-state index contributed by atoms with van der Waals surface area (Å²) in [4.78, 5) is 11.6. The first-order chi connectivity index (χ1) is 11.2. The maximum atomic E-state index is 13.1. The van der Waals surface area contributed by atoms with E-state index in [9.17, 15) is 9.18 Å². The molecule has 0 aliphatic heterocycles. The molecule has 0 atom stereocenters. The van der Waals surface area contributed by atoms with Crippen LogP contribution in [0.15, 0.2) is 48.5 Å². The lowest BCUT2D eigenvalue weighted by molar-refractivity contribution is -0.121. The quantitative estimate of drug-likeness (QED) is 0.792. The third kappa shape index (κ3) is 6.10. The van der Waals surface area contributed by atoms with Gasteiger partial charge < -0.3 is 10.1 Å². The number of nitrogens with one attached hydrogen (secondary N) is 1. The third-order valence-corrected chi connectivity index (χ3v) is 3.46. The van der Waals surface area contributed by atoms with E-state index in [4.69, 9.17) is 4.74 Å². The van der Waals surface area contributed by atoms with Gasteiger partial charge in [0.1, 0.15) is 18.2 Å². The lowest BCUT2D eigenvalue weighted by Crippen LogP contribution is -2.22. The molecule has 0 spiro atoms. The number of hydrogen-bond donors (Lipinski definition) is 1. The van der Waals surface area contributed by atoms with Crippen molar-refractivity contribution in [3.05, 3.63) is 65.5 Å². The second-order valence-electron chi connectivity index (χ2n) is 5.44. The largest absolute Gasteiger partial charge is 0.489 e. The lowest BCUT2D eigenvalue weighted by Gasteiger charge is -2.08. The van der Waals surface area contributed by atoms with Crippen LogP contribution in [0.2, 0.25) is 0 Å². The summed E-state index contributed by atoms with van der Waals surface area (Å²) in [5.74, 6) is 0.536. The SMILES string of the molecule is CCCCC(=O)NCc1ccc(OCc2cccc(F)c2)cc1. The second kappa shape index (κ2) is 8.93. The smallest absolute Gasteiger partial charge is 0.220 e. The summed E-state index contributed by atoms with van der Waals surface area (Å²) in [7, 11) is 0. The molecule has 122 valence electrons. The number of benzene rings is 2. The molecule has 1 amide bonds. The summed E-state index contributed by atoms with van der Waals surface area (Å²) in [6.45, 7) is 2.91. The Kier molecular flexibility index (Phi) is 6.60. The van der Waals surface area contributed by atoms with E-state index in [1.54, 1.807) is 6.07 Å². The molecule has 2 aromatic rings. The maximum absolute atomic E-state index is 13.1. The van der Waals surface area contributed by atoms with Crippen LogP contribution in [-0.4, -0.2) is 5.91 Å². The standard InChI is InChI=1S/C19H22FNO2/c1-2-3-7-19(22)21-13-15-8-10-18(11-9-15)23-14-16-5-4-6-17(20)12-16/h4-6,8-12H,2-3,7,13-14H2,1H3,(H,21,22). The lowest BCUT2D eigenvalue weighted by atomic mass is 10.2. The molecule has 0 saturated heterocycles. The Balaban J connectivity index is 1.79. The average molecular weight is 315 g/mol. The minimum absolute atomic E-state index is 0.0817. The number of unbranched alkanes of at least 4 members (excludes halogenated alkanes) is 1. The minimum Gasteiger partial charge on any atom is -0.489 e. The van der Waals surface area contributed by atoms with Gasteiger partial charge in [0.05, 0.1) is 0 Å². The number of amides is 1. The van der Waals surface area contributed by atoms with Crippen LogP contribution in [0.3, 0.4) is 0 Å². The van der Waals surface area contributed by atoms with Crippen molar-refractivity contribution in [2.24, 2.45) is 0 Å². The van der Waals surface area contributed by atoms with E-state index in [1.807, 2.05) is 30.3 Å². The van der Waals surface area contributed by atoms with Crippen molar-refractivity contribution in [1.82, 2.24) is 5.32 Å². The van der Waals surface area contributed by atoms with Gasteiger partial charge in [0.2, 0.25) is 5.91 Å². The number of rotatable bonds is 8. The zero-order chi connectivity index (χ0) is 16.5. The fourth-order valence-corrected chi connectivity index (χ4v) is 2.12. The van der Waals surface area contributed by atoms with Crippen LogP contribution in [0.4, 0.5) is 4.39 Å². The van der Waals surface area contributed by atoms with E-state index in [0.29, 0.717) is 19.6 Å². The van der Waals surface area contributed by atoms with Gasteiger partial charge in [-0.1, -0.05) is 37.6 Å². The predicted molar refractivity (Wildman–Crippen MR) is 88.5 cm³/mol. The molecule has 4 heteroatoms. The van der Waals surface area contributed by atoms with E-state index < -0.39 is 0 Å². The average Bonchev–Trinajstić information content (AvgIpc) is 2.57. The first-order valence-electron chi connectivity index (χ1n) is 7.90. The van der Waals surface area contributed by atoms with Gasteiger partial charge >= 0.3 is 0 Å². The highest BCUT2D eigenvalue weighted by Gasteiger charge is 2.02. The summed E-state index contributed by atoms with van der Waals surface area (Å²) >= 11 is 0. The molecule has 2 rings (SSSR count). The fraction of sp³-hybridized carbons (Fsp3) is 0.316. The maximum Gasteiger partial charge on any atom is 0.220 e. The highest BCUT2D eigenvalue weighted by atomic mass is 19.1. The Morgan fingerprint density at radius 2 is 1.91 bits per heavy atom. The normalized spacial score (nSPS) is 10.3. The molecule has 0 aliphatic carbocycles. The van der Waals surface area contributed by atoms with E-state index >= 15 is 0 Å². The summed E-state index contributed by atoms with van der Waals surface area (Å²) in [5.41, 5.74) is 1.81. The van der Waals surface area contributed by atoms with E-state index in [2.05, 4.69) is 12.2 Å². The molecule has 0 unspecified atom stereocenters. The Hall–Kier alpha value is -2.36. The second-order valence-corrected chi connectivity index (χ2v) is 5.44. The summed E-state index contributed by atoms with van der Waals surface area (Å²) in [5, 5.41) is 2.90. The Labute approximate surface area is 136 Å². The van der Waals surface area contributed by atoms with Gasteiger partial charge in [-0.05, 0) is 41.8 Å². The van der Waals surface area contributed by atoms with Crippen LogP contribution in [0.1, 0.15) is 37.3 Å². The molecular weight excluding hydrogens is 293 g/mol. The van der Waals surface area contributed by atoms with Crippen molar-refractivity contribution in [3.8, 4) is 5.75 Å². The molecule has 0 saturated carbocycles. The molecular formula is C19H22FNO2. The van der Waals surface area contributed by atoms with Crippen molar-refractivity contribution < 1.29 is 13.9 Å². The molecule has 0 aromatic heterocycles. The van der Waals surface area contributed by atoms with Gasteiger partial charge in [-0.3, -0.25) is 4.79 Å². The van der Waals surface area contributed by atoms with Crippen molar-refractivity contribution in [3.63, 3.8) is 0 Å². The van der Waals surface area contributed by atoms with Gasteiger partial charge in [-0.2, -0.15) is 0 Å². The monoisotopic (exact) mass is 315 g/mol. The van der Waals surface area contributed by atoms with Crippen molar-refractivity contribution >= 4 is 5.91 Å². The van der Waals surface area contributed by atoms with E-state index in [-0.39, 0.29) is 11.7 Å². The Bertz CT molecular complexity index is 626. The van der Waals surface area contributed by atoms with Crippen LogP contribution in [0.5, 0.6) is 5.75 Å². The molecule has 0 bridgehead atoms. The highest BCUT2D eigenvalue weighted by molar-refractivity contribution is 5.75. The summed E-state index contributed by atoms with van der Waals surface area (Å²) < 4.78 is 18.7. The molecule has 1 N–H and O–H groups in total. The number of carbonyl (C=O) groups is 1. The number of ether oxygens (including phenoxy) is 1. The van der Waals surface area contributed by atoms with E-state index in [1.165, 1.54) is 12.1 Å². The number of hydrogen-bond acceptors (Lipinski definition) is 2. The predicted octanol–water partition coefficient (Wildman–Crippen LogP) is 4.21. The molecule has 0 radical (unpaired) electrons. The third-order valence-electron chi connectivity index (χ3n) is 3.46. The van der Waals surface area contributed by atoms with Gasteiger partial charge in [0.25, 0.3) is 0 Å². The zero-order valence-electron chi connectivity index (χ0n) is 13.3. The van der Waals surface area contributed by atoms with Crippen LogP contribution in [-0.2, 0) is 17.9 Å². The van der Waals surface area contributed by atoms with Crippen LogP contribution < -0.4 is 10.1 Å². The number of carbonyl (C=O) groups excluding carboxylic acids is 1. The van der Waals surface area contributed by atoms with Crippen LogP contribution >= 0.6 is 0 Å². The zero-order valence-corrected chi connectivity index (χ0v) is 13.3. The van der Waals surface area contributed by atoms with Crippen LogP contribution in [0, 0.1) is 5.82 Å². The molecule has 0 heterocycles. The van der Waals surface area contributed by atoms with Gasteiger partial charge in [0.15, 0.2) is 0 Å². The summed E-state index contributed by atoms with van der Waals surface area (Å²) in [6.07, 6.45) is 2.51. The Morgan fingerprint density at radius 1 is 1.13 bits per heavy atom. The molecule has 3 nitrogen and oxygen atoms in total. The van der Waals surface area contributed by atoms with Crippen molar-refractivity contribution in [1.29, 1.82) is 0 Å². The van der Waals surface area contributed by atoms with E-state index in [0.717, 1.165) is 29.7 Å². The van der Waals surface area contributed by atoms with Gasteiger partial charge in [-0.25, -0.2) is 4.39 Å². The molecule has 23 heavy (non-hydrogen) atoms. The minimum atomic E-state index is -0.264.